The van der Waals surface area contributed by atoms with Gasteiger partial charge >= 0.3 is 0 Å². The van der Waals surface area contributed by atoms with Crippen LogP contribution in [0.1, 0.15) is 16.8 Å². The van der Waals surface area contributed by atoms with Gasteiger partial charge in [-0.05, 0) is 18.6 Å². The van der Waals surface area contributed by atoms with Crippen molar-refractivity contribution in [1.82, 2.24) is 34.7 Å². The number of nitrogens with one attached hydrogen (secondary N) is 3. The fourth-order valence-corrected chi connectivity index (χ4v) is 4.62. The molecule has 0 atom stereocenters. The first-order chi connectivity index (χ1) is 16.6. The van der Waals surface area contributed by atoms with E-state index in [0.717, 1.165) is 53.9 Å². The van der Waals surface area contributed by atoms with Crippen molar-refractivity contribution in [2.45, 2.75) is 20.0 Å². The molecule has 1 aliphatic heterocycles. The van der Waals surface area contributed by atoms with Crippen molar-refractivity contribution in [3.05, 3.63) is 71.8 Å². The number of hydrogen-bond donors (Lipinski definition) is 3. The van der Waals surface area contributed by atoms with Gasteiger partial charge in [0, 0.05) is 80.2 Å². The second kappa shape index (κ2) is 8.45. The van der Waals surface area contributed by atoms with Crippen molar-refractivity contribution in [2.75, 3.05) is 36.4 Å². The number of imidazole rings is 1. The summed E-state index contributed by atoms with van der Waals surface area (Å²) in [5.41, 5.74) is 6.08. The normalized spacial score (nSPS) is 14.4. The molecule has 4 aromatic heterocycles. The number of fused-ring (bicyclic) bond motifs is 2. The lowest BCUT2D eigenvalue weighted by Crippen LogP contribution is -2.43. The highest BCUT2D eigenvalue weighted by atomic mass is 19.1. The van der Waals surface area contributed by atoms with Crippen molar-refractivity contribution in [3.63, 3.8) is 0 Å². The number of H-pyrrole nitrogens is 1. The monoisotopic (exact) mass is 459 g/mol. The molecule has 0 amide bonds. The van der Waals surface area contributed by atoms with Crippen LogP contribution in [0.25, 0.3) is 16.6 Å². The number of aromatic nitrogens is 6. The van der Waals surface area contributed by atoms with Crippen LogP contribution in [0, 0.1) is 12.7 Å². The largest absolute Gasteiger partial charge is 0.380 e. The van der Waals surface area contributed by atoms with Crippen LogP contribution in [0.2, 0.25) is 0 Å². The van der Waals surface area contributed by atoms with Gasteiger partial charge < -0.3 is 19.9 Å². The number of aryl methyl sites for hydroxylation is 1. The van der Waals surface area contributed by atoms with E-state index in [-0.39, 0.29) is 5.82 Å². The number of rotatable bonds is 6. The molecule has 0 radical (unpaired) electrons. The van der Waals surface area contributed by atoms with E-state index in [1.807, 2.05) is 36.4 Å². The summed E-state index contributed by atoms with van der Waals surface area (Å²) in [7, 11) is 0. The van der Waals surface area contributed by atoms with Crippen molar-refractivity contribution in [1.29, 1.82) is 0 Å². The SMILES string of the molecule is Cc1cn2cc(NCc3ccc(N4CCNCC4)c4cn(Cc5cn[nH]c5)nc34)cc(F)c2n1. The zero-order valence-corrected chi connectivity index (χ0v) is 18.9. The maximum Gasteiger partial charge on any atom is 0.173 e. The average Bonchev–Trinajstić information content (AvgIpc) is 3.58. The van der Waals surface area contributed by atoms with Gasteiger partial charge in [-0.1, -0.05) is 6.07 Å². The van der Waals surface area contributed by atoms with Crippen molar-refractivity contribution >= 4 is 27.9 Å². The molecule has 10 heteroatoms. The summed E-state index contributed by atoms with van der Waals surface area (Å²) < 4.78 is 18.2. The van der Waals surface area contributed by atoms with Gasteiger partial charge in [-0.3, -0.25) is 9.78 Å². The molecule has 6 rings (SSSR count). The molecule has 5 aromatic rings. The molecule has 0 aliphatic carbocycles. The van der Waals surface area contributed by atoms with Gasteiger partial charge in [0.1, 0.15) is 0 Å². The molecule has 1 aromatic carbocycles. The lowest BCUT2D eigenvalue weighted by Gasteiger charge is -2.30. The van der Waals surface area contributed by atoms with Gasteiger partial charge in [-0.25, -0.2) is 9.37 Å². The molecule has 9 nitrogen and oxygen atoms in total. The number of hydrogen-bond acceptors (Lipinski definition) is 6. The molecular weight excluding hydrogens is 433 g/mol. The summed E-state index contributed by atoms with van der Waals surface area (Å²) >= 11 is 0. The average molecular weight is 460 g/mol. The Kier molecular flexibility index (Phi) is 5.14. The maximum atomic E-state index is 14.5. The molecule has 1 saturated heterocycles. The Labute approximate surface area is 195 Å². The van der Waals surface area contributed by atoms with E-state index in [2.05, 4.69) is 49.0 Å². The zero-order valence-electron chi connectivity index (χ0n) is 18.9. The van der Waals surface area contributed by atoms with Crippen molar-refractivity contribution in [3.8, 4) is 0 Å². The number of aromatic amines is 1. The van der Waals surface area contributed by atoms with Crippen LogP contribution < -0.4 is 15.5 Å². The van der Waals surface area contributed by atoms with Gasteiger partial charge in [0.05, 0.1) is 29.6 Å². The third-order valence-electron chi connectivity index (χ3n) is 6.25. The molecule has 5 heterocycles. The molecule has 0 bridgehead atoms. The van der Waals surface area contributed by atoms with Crippen LogP contribution in [0.5, 0.6) is 0 Å². The Hall–Kier alpha value is -3.92. The lowest BCUT2D eigenvalue weighted by molar-refractivity contribution is 0.590. The third-order valence-corrected chi connectivity index (χ3v) is 6.25. The number of anilines is 2. The van der Waals surface area contributed by atoms with E-state index in [1.165, 1.54) is 11.8 Å². The van der Waals surface area contributed by atoms with Gasteiger partial charge in [0.25, 0.3) is 0 Å². The molecule has 1 fully saturated rings. The minimum Gasteiger partial charge on any atom is -0.380 e. The fourth-order valence-electron chi connectivity index (χ4n) is 4.62. The minimum atomic E-state index is -0.346. The van der Waals surface area contributed by atoms with Gasteiger partial charge in [-0.2, -0.15) is 10.2 Å². The van der Waals surface area contributed by atoms with Crippen LogP contribution in [-0.2, 0) is 13.1 Å². The first kappa shape index (κ1) is 20.7. The van der Waals surface area contributed by atoms with Crippen LogP contribution in [0.15, 0.2) is 49.2 Å². The maximum absolute atomic E-state index is 14.5. The van der Waals surface area contributed by atoms with E-state index in [1.54, 1.807) is 4.40 Å². The highest BCUT2D eigenvalue weighted by molar-refractivity contribution is 5.94. The highest BCUT2D eigenvalue weighted by Crippen LogP contribution is 2.30. The van der Waals surface area contributed by atoms with E-state index in [4.69, 9.17) is 5.10 Å². The van der Waals surface area contributed by atoms with Crippen LogP contribution in [-0.4, -0.2) is 55.5 Å². The number of halogens is 1. The molecule has 174 valence electrons. The summed E-state index contributed by atoms with van der Waals surface area (Å²) in [4.78, 5) is 6.64. The van der Waals surface area contributed by atoms with Gasteiger partial charge in [0.15, 0.2) is 11.5 Å². The third kappa shape index (κ3) is 3.86. The van der Waals surface area contributed by atoms with Crippen LogP contribution in [0.3, 0.4) is 0 Å². The fraction of sp³-hybridized carbons (Fsp3) is 0.292. The first-order valence-electron chi connectivity index (χ1n) is 11.4. The van der Waals surface area contributed by atoms with E-state index in [9.17, 15) is 4.39 Å². The van der Waals surface area contributed by atoms with Gasteiger partial charge in [0.2, 0.25) is 0 Å². The summed E-state index contributed by atoms with van der Waals surface area (Å²) in [5.74, 6) is -0.346. The van der Waals surface area contributed by atoms with Gasteiger partial charge in [-0.15, -0.1) is 0 Å². The highest BCUT2D eigenvalue weighted by Gasteiger charge is 2.18. The molecule has 0 unspecified atom stereocenters. The molecule has 0 spiro atoms. The Bertz CT molecular complexity index is 1440. The molecular formula is C24H26FN9. The summed E-state index contributed by atoms with van der Waals surface area (Å²) in [5, 5.41) is 19.7. The second-order valence-corrected chi connectivity index (χ2v) is 8.72. The molecule has 0 saturated carbocycles. The van der Waals surface area contributed by atoms with E-state index >= 15 is 0 Å². The smallest absolute Gasteiger partial charge is 0.173 e. The van der Waals surface area contributed by atoms with Crippen LogP contribution >= 0.6 is 0 Å². The predicted molar refractivity (Wildman–Crippen MR) is 130 cm³/mol. The molecule has 1 aliphatic rings. The van der Waals surface area contributed by atoms with Crippen LogP contribution in [0.4, 0.5) is 15.8 Å². The number of benzene rings is 1. The molecule has 34 heavy (non-hydrogen) atoms. The Morgan fingerprint density at radius 1 is 1.15 bits per heavy atom. The van der Waals surface area contributed by atoms with E-state index in [0.29, 0.717) is 24.4 Å². The van der Waals surface area contributed by atoms with Crippen molar-refractivity contribution in [2.24, 2.45) is 0 Å². The summed E-state index contributed by atoms with van der Waals surface area (Å²) in [6, 6.07) is 5.79. The first-order valence-corrected chi connectivity index (χ1v) is 11.4. The minimum absolute atomic E-state index is 0.337. The zero-order chi connectivity index (χ0) is 23.1. The molecule has 3 N–H and O–H groups in total. The van der Waals surface area contributed by atoms with E-state index < -0.39 is 0 Å². The number of pyridine rings is 1. The standard InChI is InChI=1S/C24H26FN9/c1-16-12-33-14-19(8-21(25)24(33)30-16)27-11-18-2-3-22(32-6-4-26-5-7-32)20-15-34(31-23(18)20)13-17-9-28-29-10-17/h2-3,8-10,12,14-15,26-27H,4-7,11,13H2,1H3,(H,28,29). The quantitative estimate of drug-likeness (QED) is 0.362. The summed E-state index contributed by atoms with van der Waals surface area (Å²) in [6.45, 7) is 6.88. The summed E-state index contributed by atoms with van der Waals surface area (Å²) in [6.07, 6.45) is 9.50. The Balaban J connectivity index is 1.34. The Morgan fingerprint density at radius 2 is 2.03 bits per heavy atom. The predicted octanol–water partition coefficient (Wildman–Crippen LogP) is 2.92. The number of piperazine rings is 1. The number of nitrogens with zero attached hydrogens (tertiary/aromatic N) is 6. The topological polar surface area (TPSA) is 91.1 Å². The van der Waals surface area contributed by atoms with Crippen molar-refractivity contribution < 1.29 is 4.39 Å². The lowest BCUT2D eigenvalue weighted by atomic mass is 10.1. The second-order valence-electron chi connectivity index (χ2n) is 8.72. The Morgan fingerprint density at radius 3 is 2.85 bits per heavy atom.